The van der Waals surface area contributed by atoms with Gasteiger partial charge in [0.1, 0.15) is 6.61 Å². The van der Waals surface area contributed by atoms with Gasteiger partial charge in [-0.2, -0.15) is 0 Å². The lowest BCUT2D eigenvalue weighted by Crippen LogP contribution is -2.25. The van der Waals surface area contributed by atoms with Crippen LogP contribution >= 0.6 is 11.6 Å². The van der Waals surface area contributed by atoms with Crippen molar-refractivity contribution >= 4 is 23.7 Å². The van der Waals surface area contributed by atoms with Crippen molar-refractivity contribution in [2.45, 2.75) is 12.5 Å². The number of fused-ring (bicyclic) bond motifs is 3. The molecule has 4 rings (SSSR count). The Hall–Kier alpha value is -3.31. The van der Waals surface area contributed by atoms with E-state index in [1.54, 1.807) is 6.07 Å². The lowest BCUT2D eigenvalue weighted by atomic mass is 9.98. The maximum atomic E-state index is 12.2. The summed E-state index contributed by atoms with van der Waals surface area (Å²) in [7, 11) is 0. The summed E-state index contributed by atoms with van der Waals surface area (Å²) >= 11 is 5.96. The lowest BCUT2D eigenvalue weighted by molar-refractivity contribution is 0.0697. The number of amides is 1. The first-order chi connectivity index (χ1) is 14.0. The number of carbonyl (C=O) groups excluding carboxylic acids is 1. The zero-order valence-corrected chi connectivity index (χ0v) is 16.1. The number of ether oxygens (including phenoxy) is 1. The van der Waals surface area contributed by atoms with Gasteiger partial charge in [-0.3, -0.25) is 0 Å². The fourth-order valence-corrected chi connectivity index (χ4v) is 3.95. The second-order valence-electron chi connectivity index (χ2n) is 6.80. The van der Waals surface area contributed by atoms with Gasteiger partial charge >= 0.3 is 12.1 Å². The van der Waals surface area contributed by atoms with Crippen LogP contribution in [-0.4, -0.2) is 23.8 Å². The van der Waals surface area contributed by atoms with E-state index in [4.69, 9.17) is 21.4 Å². The molecular weight excluding hydrogens is 390 g/mol. The van der Waals surface area contributed by atoms with Gasteiger partial charge in [0.2, 0.25) is 0 Å². The molecule has 0 saturated heterocycles. The SMILES string of the molecule is O=C(NCc1ccc(C(=O)O)c(Cl)c1)OCC1c2ccccc2-c2ccccc21. The zero-order chi connectivity index (χ0) is 20.4. The standard InChI is InChI=1S/C23H18ClNO4/c24-21-11-14(9-10-19(21)22(26)27)12-25-23(28)29-13-20-17-7-3-1-5-15(17)16-6-2-4-8-18(16)20/h1-11,20H,12-13H2,(H,25,28)(H,26,27). The average Bonchev–Trinajstić information content (AvgIpc) is 3.04. The number of rotatable bonds is 5. The largest absolute Gasteiger partial charge is 0.478 e. The minimum atomic E-state index is -1.09. The number of hydrogen-bond donors (Lipinski definition) is 2. The Bertz CT molecular complexity index is 1050. The molecule has 3 aromatic carbocycles. The molecule has 0 fully saturated rings. The molecule has 3 aromatic rings. The number of hydrogen-bond acceptors (Lipinski definition) is 3. The van der Waals surface area contributed by atoms with E-state index in [1.165, 1.54) is 23.3 Å². The number of carbonyl (C=O) groups is 2. The molecule has 29 heavy (non-hydrogen) atoms. The van der Waals surface area contributed by atoms with E-state index in [-0.39, 0.29) is 29.7 Å². The molecule has 1 aliphatic carbocycles. The highest BCUT2D eigenvalue weighted by atomic mass is 35.5. The van der Waals surface area contributed by atoms with E-state index < -0.39 is 12.1 Å². The number of alkyl carbamates (subject to hydrolysis) is 1. The molecule has 5 nitrogen and oxygen atoms in total. The van der Waals surface area contributed by atoms with Gasteiger partial charge < -0.3 is 15.2 Å². The molecule has 2 N–H and O–H groups in total. The van der Waals surface area contributed by atoms with Gasteiger partial charge in [-0.25, -0.2) is 9.59 Å². The number of carboxylic acids is 1. The van der Waals surface area contributed by atoms with Crippen molar-refractivity contribution in [3.63, 3.8) is 0 Å². The Morgan fingerprint density at radius 1 is 0.966 bits per heavy atom. The van der Waals surface area contributed by atoms with Crippen molar-refractivity contribution in [3.8, 4) is 11.1 Å². The van der Waals surface area contributed by atoms with Gasteiger partial charge in [0.25, 0.3) is 0 Å². The number of aromatic carboxylic acids is 1. The summed E-state index contributed by atoms with van der Waals surface area (Å²) in [5, 5.41) is 11.8. The minimum absolute atomic E-state index is 0.00237. The highest BCUT2D eigenvalue weighted by molar-refractivity contribution is 6.33. The topological polar surface area (TPSA) is 75.6 Å². The van der Waals surface area contributed by atoms with Gasteiger partial charge in [-0.1, -0.05) is 66.2 Å². The maximum absolute atomic E-state index is 12.2. The fourth-order valence-electron chi connectivity index (χ4n) is 3.67. The third-order valence-corrected chi connectivity index (χ3v) is 5.36. The van der Waals surface area contributed by atoms with Crippen molar-refractivity contribution < 1.29 is 19.4 Å². The summed E-state index contributed by atoms with van der Waals surface area (Å²) < 4.78 is 5.48. The highest BCUT2D eigenvalue weighted by Crippen LogP contribution is 2.44. The molecule has 0 aliphatic heterocycles. The number of nitrogens with one attached hydrogen (secondary N) is 1. The Morgan fingerprint density at radius 2 is 1.59 bits per heavy atom. The van der Waals surface area contributed by atoms with E-state index in [9.17, 15) is 9.59 Å². The summed E-state index contributed by atoms with van der Waals surface area (Å²) in [6, 6.07) is 20.8. The molecule has 0 heterocycles. The van der Waals surface area contributed by atoms with Gasteiger partial charge in [-0.05, 0) is 39.9 Å². The Morgan fingerprint density at radius 3 is 2.17 bits per heavy atom. The third kappa shape index (κ3) is 3.82. The van der Waals surface area contributed by atoms with Gasteiger partial charge in [-0.15, -0.1) is 0 Å². The highest BCUT2D eigenvalue weighted by Gasteiger charge is 2.28. The summed E-state index contributed by atoms with van der Waals surface area (Å²) in [6.45, 7) is 0.425. The molecule has 6 heteroatoms. The molecule has 0 radical (unpaired) electrons. The van der Waals surface area contributed by atoms with Gasteiger partial charge in [0.05, 0.1) is 10.6 Å². The van der Waals surface area contributed by atoms with Crippen molar-refractivity contribution in [3.05, 3.63) is 94.0 Å². The third-order valence-electron chi connectivity index (χ3n) is 5.04. The molecule has 1 amide bonds. The quantitative estimate of drug-likeness (QED) is 0.618. The predicted molar refractivity (Wildman–Crippen MR) is 110 cm³/mol. The van der Waals surface area contributed by atoms with Crippen molar-refractivity contribution in [2.24, 2.45) is 0 Å². The van der Waals surface area contributed by atoms with Crippen LogP contribution in [0.2, 0.25) is 5.02 Å². The van der Waals surface area contributed by atoms with E-state index >= 15 is 0 Å². The Balaban J connectivity index is 1.39. The molecule has 0 spiro atoms. The molecule has 1 aliphatic rings. The van der Waals surface area contributed by atoms with Crippen LogP contribution in [0.25, 0.3) is 11.1 Å². The van der Waals surface area contributed by atoms with Crippen LogP contribution in [0.1, 0.15) is 33.0 Å². The number of carboxylic acid groups (broad SMARTS) is 1. The van der Waals surface area contributed by atoms with Crippen LogP contribution in [-0.2, 0) is 11.3 Å². The van der Waals surface area contributed by atoms with E-state index in [2.05, 4.69) is 29.6 Å². The van der Waals surface area contributed by atoms with Crippen LogP contribution in [0.3, 0.4) is 0 Å². The normalized spacial score (nSPS) is 12.2. The number of halogens is 1. The van der Waals surface area contributed by atoms with Crippen LogP contribution < -0.4 is 5.32 Å². The molecule has 0 saturated carbocycles. The maximum Gasteiger partial charge on any atom is 0.407 e. The molecule has 0 atom stereocenters. The second-order valence-corrected chi connectivity index (χ2v) is 7.21. The van der Waals surface area contributed by atoms with Gasteiger partial charge in [0, 0.05) is 12.5 Å². The summed E-state index contributed by atoms with van der Waals surface area (Å²) in [5.41, 5.74) is 5.36. The smallest absolute Gasteiger partial charge is 0.407 e. The van der Waals surface area contributed by atoms with Crippen molar-refractivity contribution in [2.75, 3.05) is 6.61 Å². The Kier molecular flexibility index (Phi) is 5.23. The average molecular weight is 408 g/mol. The first kappa shape index (κ1) is 19.0. The molecular formula is C23H18ClNO4. The minimum Gasteiger partial charge on any atom is -0.478 e. The van der Waals surface area contributed by atoms with Crippen LogP contribution in [0.15, 0.2) is 66.7 Å². The molecule has 0 unspecified atom stereocenters. The van der Waals surface area contributed by atoms with Crippen molar-refractivity contribution in [1.29, 1.82) is 0 Å². The summed E-state index contributed by atoms with van der Waals surface area (Å²) in [6.07, 6.45) is -0.537. The molecule has 0 bridgehead atoms. The molecule has 146 valence electrons. The monoisotopic (exact) mass is 407 g/mol. The van der Waals surface area contributed by atoms with Crippen LogP contribution in [0.4, 0.5) is 4.79 Å². The van der Waals surface area contributed by atoms with E-state index in [1.807, 2.05) is 24.3 Å². The number of benzene rings is 3. The van der Waals surface area contributed by atoms with Crippen LogP contribution in [0, 0.1) is 0 Å². The Labute approximate surface area is 172 Å². The predicted octanol–water partition coefficient (Wildman–Crippen LogP) is 5.08. The fraction of sp³-hybridized carbons (Fsp3) is 0.130. The van der Waals surface area contributed by atoms with Crippen molar-refractivity contribution in [1.82, 2.24) is 5.32 Å². The summed E-state index contributed by atoms with van der Waals surface area (Å²) in [5.74, 6) is -1.09. The van der Waals surface area contributed by atoms with E-state index in [0.717, 1.165) is 11.1 Å². The lowest BCUT2D eigenvalue weighted by Gasteiger charge is -2.14. The summed E-state index contributed by atoms with van der Waals surface area (Å²) in [4.78, 5) is 23.2. The first-order valence-corrected chi connectivity index (χ1v) is 9.53. The van der Waals surface area contributed by atoms with E-state index in [0.29, 0.717) is 5.56 Å². The molecule has 0 aromatic heterocycles. The first-order valence-electron chi connectivity index (χ1n) is 9.15. The van der Waals surface area contributed by atoms with Gasteiger partial charge in [0.15, 0.2) is 0 Å². The zero-order valence-electron chi connectivity index (χ0n) is 15.4. The van der Waals surface area contributed by atoms with Crippen LogP contribution in [0.5, 0.6) is 0 Å². The second kappa shape index (κ2) is 7.97.